The summed E-state index contributed by atoms with van der Waals surface area (Å²) in [6.45, 7) is 4.14. The number of halogens is 1. The van der Waals surface area contributed by atoms with Crippen LogP contribution in [0.25, 0.3) is 16.9 Å². The number of aryl methyl sites for hydroxylation is 2. The topological polar surface area (TPSA) is 56.7 Å². The first-order chi connectivity index (χ1) is 10.0. The van der Waals surface area contributed by atoms with E-state index in [1.165, 1.54) is 11.1 Å². The van der Waals surface area contributed by atoms with Gasteiger partial charge in [0.1, 0.15) is 5.69 Å². The van der Waals surface area contributed by atoms with Gasteiger partial charge < -0.3 is 5.73 Å². The maximum atomic E-state index is 5.93. The average molecular weight is 299 g/mol. The van der Waals surface area contributed by atoms with E-state index < -0.39 is 0 Å². The Balaban J connectivity index is 2.01. The van der Waals surface area contributed by atoms with Crippen LogP contribution >= 0.6 is 11.6 Å². The van der Waals surface area contributed by atoms with Crippen molar-refractivity contribution in [3.05, 3.63) is 58.7 Å². The van der Waals surface area contributed by atoms with E-state index in [2.05, 4.69) is 42.4 Å². The van der Waals surface area contributed by atoms with E-state index in [0.29, 0.717) is 10.7 Å². The van der Waals surface area contributed by atoms with Gasteiger partial charge >= 0.3 is 0 Å². The van der Waals surface area contributed by atoms with Crippen LogP contribution in [0.1, 0.15) is 11.1 Å². The predicted octanol–water partition coefficient (Wildman–Crippen LogP) is 3.79. The molecule has 1 aromatic heterocycles. The molecule has 0 radical (unpaired) electrons. The molecule has 0 spiro atoms. The van der Waals surface area contributed by atoms with Gasteiger partial charge in [-0.05, 0) is 37.6 Å². The summed E-state index contributed by atoms with van der Waals surface area (Å²) in [5, 5.41) is 8.95. The second-order valence-electron chi connectivity index (χ2n) is 5.07. The molecule has 0 amide bonds. The second kappa shape index (κ2) is 5.22. The second-order valence-corrected chi connectivity index (χ2v) is 5.48. The number of hydrogen-bond donors (Lipinski definition) is 1. The Hall–Kier alpha value is -2.33. The van der Waals surface area contributed by atoms with Crippen LogP contribution in [0.3, 0.4) is 0 Å². The molecule has 1 heterocycles. The maximum Gasteiger partial charge on any atom is 0.113 e. The van der Waals surface area contributed by atoms with Crippen molar-refractivity contribution in [2.75, 3.05) is 5.73 Å². The summed E-state index contributed by atoms with van der Waals surface area (Å²) in [7, 11) is 0. The van der Waals surface area contributed by atoms with Crippen molar-refractivity contribution in [2.45, 2.75) is 13.8 Å². The maximum absolute atomic E-state index is 5.93. The average Bonchev–Trinajstić information content (AvgIpc) is 2.91. The first-order valence-electron chi connectivity index (χ1n) is 6.60. The fourth-order valence-corrected chi connectivity index (χ4v) is 2.41. The highest BCUT2D eigenvalue weighted by Gasteiger charge is 2.09. The van der Waals surface area contributed by atoms with Crippen LogP contribution in [0, 0.1) is 13.8 Å². The zero-order valence-corrected chi connectivity index (χ0v) is 12.6. The molecule has 3 aromatic rings. The standard InChI is InChI=1S/C16H15ClN4/c1-10-3-5-13(11(2)7-10)16-9-21(20-19-16)12-4-6-14(17)15(18)8-12/h3-9H,18H2,1-2H3. The fraction of sp³-hybridized carbons (Fsp3) is 0.125. The Kier molecular flexibility index (Phi) is 3.39. The molecule has 106 valence electrons. The van der Waals surface area contributed by atoms with Crippen LogP contribution in [0.4, 0.5) is 5.69 Å². The van der Waals surface area contributed by atoms with Gasteiger partial charge in [0.05, 0.1) is 22.6 Å². The Morgan fingerprint density at radius 3 is 2.62 bits per heavy atom. The molecule has 0 aliphatic heterocycles. The first-order valence-corrected chi connectivity index (χ1v) is 6.98. The Morgan fingerprint density at radius 2 is 1.90 bits per heavy atom. The van der Waals surface area contributed by atoms with Crippen LogP contribution in [-0.4, -0.2) is 15.0 Å². The van der Waals surface area contributed by atoms with Crippen molar-refractivity contribution in [2.24, 2.45) is 0 Å². The normalized spacial score (nSPS) is 10.8. The Labute approximate surface area is 128 Å². The van der Waals surface area contributed by atoms with Crippen molar-refractivity contribution in [1.29, 1.82) is 0 Å². The molecule has 0 aliphatic carbocycles. The molecule has 0 fully saturated rings. The van der Waals surface area contributed by atoms with Gasteiger partial charge in [-0.1, -0.05) is 40.6 Å². The SMILES string of the molecule is Cc1ccc(-c2cn(-c3ccc(Cl)c(N)c3)nn2)c(C)c1. The van der Waals surface area contributed by atoms with Crippen molar-refractivity contribution >= 4 is 17.3 Å². The lowest BCUT2D eigenvalue weighted by Crippen LogP contribution is -1.96. The van der Waals surface area contributed by atoms with Gasteiger partial charge in [0.15, 0.2) is 0 Å². The van der Waals surface area contributed by atoms with E-state index in [1.807, 2.05) is 12.3 Å². The monoisotopic (exact) mass is 298 g/mol. The highest BCUT2D eigenvalue weighted by Crippen LogP contribution is 2.25. The van der Waals surface area contributed by atoms with E-state index in [4.69, 9.17) is 17.3 Å². The van der Waals surface area contributed by atoms with Crippen LogP contribution < -0.4 is 5.73 Å². The van der Waals surface area contributed by atoms with Crippen molar-refractivity contribution in [3.8, 4) is 16.9 Å². The van der Waals surface area contributed by atoms with Gasteiger partial charge in [-0.3, -0.25) is 0 Å². The van der Waals surface area contributed by atoms with Crippen LogP contribution in [-0.2, 0) is 0 Å². The predicted molar refractivity (Wildman–Crippen MR) is 85.7 cm³/mol. The quantitative estimate of drug-likeness (QED) is 0.732. The molecule has 2 aromatic carbocycles. The lowest BCUT2D eigenvalue weighted by molar-refractivity contribution is 0.804. The smallest absolute Gasteiger partial charge is 0.113 e. The molecular formula is C16H15ClN4. The highest BCUT2D eigenvalue weighted by molar-refractivity contribution is 6.33. The highest BCUT2D eigenvalue weighted by atomic mass is 35.5. The Bertz CT molecular complexity index is 808. The molecule has 21 heavy (non-hydrogen) atoms. The van der Waals surface area contributed by atoms with E-state index in [0.717, 1.165) is 16.9 Å². The lowest BCUT2D eigenvalue weighted by Gasteiger charge is -2.04. The molecule has 0 bridgehead atoms. The van der Waals surface area contributed by atoms with Gasteiger partial charge in [0.25, 0.3) is 0 Å². The van der Waals surface area contributed by atoms with Crippen LogP contribution in [0.5, 0.6) is 0 Å². The number of aromatic nitrogens is 3. The van der Waals surface area contributed by atoms with E-state index in [-0.39, 0.29) is 0 Å². The number of rotatable bonds is 2. The molecule has 0 saturated heterocycles. The van der Waals surface area contributed by atoms with Crippen molar-refractivity contribution < 1.29 is 0 Å². The number of nitrogens with two attached hydrogens (primary N) is 1. The van der Waals surface area contributed by atoms with Crippen molar-refractivity contribution in [1.82, 2.24) is 15.0 Å². The zero-order chi connectivity index (χ0) is 15.0. The molecule has 3 rings (SSSR count). The minimum atomic E-state index is 0.526. The van der Waals surface area contributed by atoms with Crippen LogP contribution in [0.2, 0.25) is 5.02 Å². The number of nitrogen functional groups attached to an aromatic ring is 1. The van der Waals surface area contributed by atoms with E-state index in [1.54, 1.807) is 16.8 Å². The van der Waals surface area contributed by atoms with Crippen LogP contribution in [0.15, 0.2) is 42.6 Å². The Morgan fingerprint density at radius 1 is 1.10 bits per heavy atom. The minimum Gasteiger partial charge on any atom is -0.397 e. The van der Waals surface area contributed by atoms with Gasteiger partial charge in [-0.25, -0.2) is 4.68 Å². The van der Waals surface area contributed by atoms with Crippen molar-refractivity contribution in [3.63, 3.8) is 0 Å². The lowest BCUT2D eigenvalue weighted by atomic mass is 10.0. The van der Waals surface area contributed by atoms with E-state index in [9.17, 15) is 0 Å². The molecule has 0 atom stereocenters. The minimum absolute atomic E-state index is 0.526. The summed E-state index contributed by atoms with van der Waals surface area (Å²) in [5.41, 5.74) is 11.5. The summed E-state index contributed by atoms with van der Waals surface area (Å²) in [6, 6.07) is 11.7. The van der Waals surface area contributed by atoms with Gasteiger partial charge in [-0.15, -0.1) is 5.10 Å². The molecular weight excluding hydrogens is 284 g/mol. The molecule has 2 N–H and O–H groups in total. The third-order valence-electron chi connectivity index (χ3n) is 3.40. The summed E-state index contributed by atoms with van der Waals surface area (Å²) >= 11 is 5.93. The number of nitrogens with zero attached hydrogens (tertiary/aromatic N) is 3. The molecule has 0 unspecified atom stereocenters. The third-order valence-corrected chi connectivity index (χ3v) is 3.74. The summed E-state index contributed by atoms with van der Waals surface area (Å²) < 4.78 is 1.70. The molecule has 0 saturated carbocycles. The van der Waals surface area contributed by atoms with Gasteiger partial charge in [-0.2, -0.15) is 0 Å². The fourth-order valence-electron chi connectivity index (χ4n) is 2.29. The van der Waals surface area contributed by atoms with E-state index >= 15 is 0 Å². The summed E-state index contributed by atoms with van der Waals surface area (Å²) in [5.74, 6) is 0. The molecule has 0 aliphatic rings. The first kappa shape index (κ1) is 13.6. The largest absolute Gasteiger partial charge is 0.397 e. The zero-order valence-electron chi connectivity index (χ0n) is 11.8. The number of benzene rings is 2. The van der Waals surface area contributed by atoms with Gasteiger partial charge in [0.2, 0.25) is 0 Å². The summed E-state index contributed by atoms with van der Waals surface area (Å²) in [4.78, 5) is 0. The molecule has 5 heteroatoms. The number of hydrogen-bond acceptors (Lipinski definition) is 3. The summed E-state index contributed by atoms with van der Waals surface area (Å²) in [6.07, 6.45) is 1.89. The third kappa shape index (κ3) is 2.62. The van der Waals surface area contributed by atoms with Gasteiger partial charge in [0, 0.05) is 5.56 Å². The number of anilines is 1. The molecule has 4 nitrogen and oxygen atoms in total.